The Morgan fingerprint density at radius 3 is 2.46 bits per heavy atom. The van der Waals surface area contributed by atoms with E-state index < -0.39 is 0 Å². The van der Waals surface area contributed by atoms with E-state index in [0.717, 1.165) is 44.8 Å². The second-order valence-corrected chi connectivity index (χ2v) is 8.51. The Morgan fingerprint density at radius 1 is 1.19 bits per heavy atom. The van der Waals surface area contributed by atoms with Crippen molar-refractivity contribution in [1.29, 1.82) is 0 Å². The van der Waals surface area contributed by atoms with Crippen molar-refractivity contribution in [2.24, 2.45) is 17.3 Å². The number of aliphatic hydroxyl groups is 1. The molecule has 3 aliphatic rings. The van der Waals surface area contributed by atoms with Crippen molar-refractivity contribution in [3.63, 3.8) is 0 Å². The van der Waals surface area contributed by atoms with Crippen molar-refractivity contribution in [2.45, 2.75) is 39.0 Å². The molecule has 3 fully saturated rings. The highest BCUT2D eigenvalue weighted by Gasteiger charge is 2.45. The average molecular weight is 358 g/mol. The largest absolute Gasteiger partial charge is 0.396 e. The molecule has 1 amide bonds. The molecule has 1 saturated carbocycles. The van der Waals surface area contributed by atoms with Gasteiger partial charge < -0.3 is 14.9 Å². The monoisotopic (exact) mass is 358 g/mol. The molecule has 0 bridgehead atoms. The van der Waals surface area contributed by atoms with Crippen molar-refractivity contribution in [3.05, 3.63) is 23.8 Å². The van der Waals surface area contributed by atoms with Crippen LogP contribution in [-0.4, -0.2) is 70.1 Å². The minimum atomic E-state index is -0.00975. The van der Waals surface area contributed by atoms with E-state index in [9.17, 15) is 9.90 Å². The second-order valence-electron chi connectivity index (χ2n) is 8.51. The summed E-state index contributed by atoms with van der Waals surface area (Å²) in [5.74, 6) is 1.78. The summed E-state index contributed by atoms with van der Waals surface area (Å²) in [5, 5.41) is 10.1. The number of aliphatic hydroxyl groups excluding tert-OH is 1. The molecule has 6 nitrogen and oxygen atoms in total. The number of rotatable bonds is 4. The molecular formula is C20H30N4O2. The van der Waals surface area contributed by atoms with Gasteiger partial charge in [0.1, 0.15) is 5.82 Å². The highest BCUT2D eigenvalue weighted by Crippen LogP contribution is 2.45. The van der Waals surface area contributed by atoms with Gasteiger partial charge in [0.05, 0.1) is 5.56 Å². The fourth-order valence-corrected chi connectivity index (χ4v) is 4.74. The summed E-state index contributed by atoms with van der Waals surface area (Å²) in [7, 11) is 0. The van der Waals surface area contributed by atoms with E-state index in [-0.39, 0.29) is 23.8 Å². The molecule has 1 aromatic rings. The van der Waals surface area contributed by atoms with Gasteiger partial charge in [0.15, 0.2) is 0 Å². The third-order valence-electron chi connectivity index (χ3n) is 6.79. The number of aromatic nitrogens is 2. The normalized spacial score (nSPS) is 26.2. The van der Waals surface area contributed by atoms with Gasteiger partial charge in [-0.25, -0.2) is 9.97 Å². The van der Waals surface area contributed by atoms with E-state index >= 15 is 0 Å². The van der Waals surface area contributed by atoms with E-state index in [1.807, 2.05) is 11.8 Å². The van der Waals surface area contributed by atoms with Crippen molar-refractivity contribution in [2.75, 3.05) is 39.3 Å². The van der Waals surface area contributed by atoms with Gasteiger partial charge in [-0.3, -0.25) is 4.79 Å². The number of hydrogen-bond donors (Lipinski definition) is 1. The van der Waals surface area contributed by atoms with Crippen molar-refractivity contribution in [1.82, 2.24) is 19.8 Å². The van der Waals surface area contributed by atoms with Gasteiger partial charge in [-0.15, -0.1) is 0 Å². The van der Waals surface area contributed by atoms with Crippen molar-refractivity contribution >= 4 is 5.91 Å². The summed E-state index contributed by atoms with van der Waals surface area (Å²) in [6.07, 6.45) is 9.33. The van der Waals surface area contributed by atoms with E-state index in [4.69, 9.17) is 0 Å². The third-order valence-corrected chi connectivity index (χ3v) is 6.79. The van der Waals surface area contributed by atoms with Gasteiger partial charge in [-0.2, -0.15) is 0 Å². The Bertz CT molecular complexity index is 636. The van der Waals surface area contributed by atoms with Gasteiger partial charge in [-0.1, -0.05) is 0 Å². The minimum absolute atomic E-state index is 0.00975. The predicted octanol–water partition coefficient (Wildman–Crippen LogP) is 1.73. The Morgan fingerprint density at radius 2 is 1.85 bits per heavy atom. The van der Waals surface area contributed by atoms with Crippen LogP contribution in [0.2, 0.25) is 0 Å². The molecule has 3 heterocycles. The number of likely N-dealkylation sites (tertiary alicyclic amines) is 2. The molecule has 2 aliphatic heterocycles. The van der Waals surface area contributed by atoms with Crippen LogP contribution >= 0.6 is 0 Å². The number of hydrogen-bond acceptors (Lipinski definition) is 5. The van der Waals surface area contributed by atoms with Crippen molar-refractivity contribution < 1.29 is 9.90 Å². The van der Waals surface area contributed by atoms with E-state index in [0.29, 0.717) is 17.9 Å². The summed E-state index contributed by atoms with van der Waals surface area (Å²) < 4.78 is 0. The van der Waals surface area contributed by atoms with Gasteiger partial charge in [0, 0.05) is 44.6 Å². The zero-order valence-electron chi connectivity index (χ0n) is 15.7. The van der Waals surface area contributed by atoms with Crippen LogP contribution in [-0.2, 0) is 0 Å². The van der Waals surface area contributed by atoms with Crippen LogP contribution in [0.15, 0.2) is 12.4 Å². The first kappa shape index (κ1) is 17.9. The van der Waals surface area contributed by atoms with Crippen LogP contribution in [0.25, 0.3) is 0 Å². The van der Waals surface area contributed by atoms with Crippen LogP contribution in [0.5, 0.6) is 0 Å². The van der Waals surface area contributed by atoms with E-state index in [1.54, 1.807) is 12.4 Å². The molecule has 4 rings (SSSR count). The molecule has 6 heteroatoms. The van der Waals surface area contributed by atoms with Crippen LogP contribution in [0.4, 0.5) is 0 Å². The first-order valence-corrected chi connectivity index (χ1v) is 10.0. The van der Waals surface area contributed by atoms with E-state index in [2.05, 4.69) is 14.9 Å². The highest BCUT2D eigenvalue weighted by molar-refractivity contribution is 5.93. The smallest absolute Gasteiger partial charge is 0.257 e. The Hall–Kier alpha value is -1.53. The second kappa shape index (κ2) is 7.24. The van der Waals surface area contributed by atoms with Crippen LogP contribution < -0.4 is 0 Å². The highest BCUT2D eigenvalue weighted by atomic mass is 16.3. The van der Waals surface area contributed by atoms with Crippen molar-refractivity contribution in [3.8, 4) is 0 Å². The maximum atomic E-state index is 12.8. The molecule has 1 spiro atoms. The first-order chi connectivity index (χ1) is 12.6. The molecule has 0 radical (unpaired) electrons. The van der Waals surface area contributed by atoms with Gasteiger partial charge in [0.25, 0.3) is 5.91 Å². The molecule has 1 unspecified atom stereocenters. The van der Waals surface area contributed by atoms with Gasteiger partial charge in [0.2, 0.25) is 0 Å². The average Bonchev–Trinajstić information content (AvgIpc) is 3.48. The molecule has 0 aromatic carbocycles. The first-order valence-electron chi connectivity index (χ1n) is 10.0. The standard InChI is InChI=1S/C20H30N4O2/c1-15-21-10-17(11-22-15)19(26)24-9-6-20(18(13-24)14-25)4-7-23(8-5-20)12-16-2-3-16/h10-11,16,18,25H,2-9,12-14H2,1H3. The summed E-state index contributed by atoms with van der Waals surface area (Å²) in [6, 6.07) is 0. The maximum absolute atomic E-state index is 12.8. The number of aryl methyl sites for hydroxylation is 1. The quantitative estimate of drug-likeness (QED) is 0.888. The van der Waals surface area contributed by atoms with Gasteiger partial charge >= 0.3 is 0 Å². The van der Waals surface area contributed by atoms with Crippen LogP contribution in [0, 0.1) is 24.2 Å². The Labute approximate surface area is 155 Å². The van der Waals surface area contributed by atoms with E-state index in [1.165, 1.54) is 19.4 Å². The fourth-order valence-electron chi connectivity index (χ4n) is 4.74. The summed E-state index contributed by atoms with van der Waals surface area (Å²) in [4.78, 5) is 25.6. The molecule has 1 aromatic heterocycles. The Kier molecular flexibility index (Phi) is 4.97. The van der Waals surface area contributed by atoms with Crippen LogP contribution in [0.3, 0.4) is 0 Å². The molecule has 142 valence electrons. The lowest BCUT2D eigenvalue weighted by Gasteiger charge is -2.51. The summed E-state index contributed by atoms with van der Waals surface area (Å²) >= 11 is 0. The molecule has 26 heavy (non-hydrogen) atoms. The number of piperidine rings is 2. The third kappa shape index (κ3) is 3.62. The topological polar surface area (TPSA) is 69.6 Å². The maximum Gasteiger partial charge on any atom is 0.257 e. The fraction of sp³-hybridized carbons (Fsp3) is 0.750. The lowest BCUT2D eigenvalue weighted by molar-refractivity contribution is -0.0357. The zero-order chi connectivity index (χ0) is 18.1. The molecule has 1 N–H and O–H groups in total. The summed E-state index contributed by atoms with van der Waals surface area (Å²) in [6.45, 7) is 6.95. The minimum Gasteiger partial charge on any atom is -0.396 e. The number of carbonyl (C=O) groups excluding carboxylic acids is 1. The summed E-state index contributed by atoms with van der Waals surface area (Å²) in [5.41, 5.74) is 0.748. The molecule has 2 saturated heterocycles. The lowest BCUT2D eigenvalue weighted by atomic mass is 9.64. The SMILES string of the molecule is Cc1ncc(C(=O)N2CCC3(CCN(CC4CC4)CC3)C(CO)C2)cn1. The number of nitrogens with zero attached hydrogens (tertiary/aromatic N) is 4. The van der Waals surface area contributed by atoms with Crippen LogP contribution in [0.1, 0.15) is 48.3 Å². The predicted molar refractivity (Wildman–Crippen MR) is 98.7 cm³/mol. The van der Waals surface area contributed by atoms with Gasteiger partial charge in [-0.05, 0) is 63.5 Å². The number of carbonyl (C=O) groups is 1. The lowest BCUT2D eigenvalue weighted by Crippen LogP contribution is -2.54. The number of amides is 1. The molecule has 1 atom stereocenters. The molecule has 1 aliphatic carbocycles. The zero-order valence-corrected chi connectivity index (χ0v) is 15.7. The Balaban J connectivity index is 1.39. The molecular weight excluding hydrogens is 328 g/mol.